The Bertz CT molecular complexity index is 1030. The van der Waals surface area contributed by atoms with E-state index in [1.165, 1.54) is 70.6 Å². The van der Waals surface area contributed by atoms with Crippen LogP contribution in [0.1, 0.15) is 114 Å². The van der Waals surface area contributed by atoms with Crippen LogP contribution in [-0.4, -0.2) is 28.2 Å². The van der Waals surface area contributed by atoms with Gasteiger partial charge in [-0.3, -0.25) is 9.59 Å². The first kappa shape index (κ1) is 30.0. The highest BCUT2D eigenvalue weighted by atomic mass is 35.5. The number of carbonyl (C=O) groups excluding carboxylic acids is 2. The molecule has 1 saturated heterocycles. The highest BCUT2D eigenvalue weighted by Gasteiger charge is 2.45. The quantitative estimate of drug-likeness (QED) is 0.0946. The van der Waals surface area contributed by atoms with E-state index in [4.69, 9.17) is 11.6 Å². The molecule has 0 radical (unpaired) electrons. The Morgan fingerprint density at radius 2 is 1.24 bits per heavy atom. The highest BCUT2D eigenvalue weighted by molar-refractivity contribution is 6.46. The second-order valence-corrected chi connectivity index (χ2v) is 10.9. The number of unbranched alkanes of at least 4 members (excludes halogenated alkanes) is 13. The van der Waals surface area contributed by atoms with Crippen LogP contribution in [0.25, 0.3) is 5.76 Å². The zero-order valence-corrected chi connectivity index (χ0v) is 23.7. The summed E-state index contributed by atoms with van der Waals surface area (Å²) < 4.78 is 0. The van der Waals surface area contributed by atoms with Crippen molar-refractivity contribution >= 4 is 29.1 Å². The van der Waals surface area contributed by atoms with Gasteiger partial charge in [-0.05, 0) is 36.2 Å². The zero-order chi connectivity index (χ0) is 27.2. The molecule has 0 spiro atoms. The zero-order valence-electron chi connectivity index (χ0n) is 23.0. The normalized spacial score (nSPS) is 16.9. The molecular weight excluding hydrogens is 494 g/mol. The summed E-state index contributed by atoms with van der Waals surface area (Å²) in [6.45, 7) is 2.76. The SMILES string of the molecule is CCCCCCCCCCCCCCCCN1C(=O)C(=O)/C(=C(/O)c2ccc(Cl)cc2)[C@H]1c1ccccc1. The van der Waals surface area contributed by atoms with E-state index >= 15 is 0 Å². The third-order valence-corrected chi connectivity index (χ3v) is 7.78. The molecule has 0 saturated carbocycles. The Balaban J connectivity index is 1.49. The molecule has 0 aromatic heterocycles. The smallest absolute Gasteiger partial charge is 0.295 e. The molecule has 3 rings (SSSR count). The van der Waals surface area contributed by atoms with Crippen molar-refractivity contribution in [3.8, 4) is 0 Å². The predicted molar refractivity (Wildman–Crippen MR) is 157 cm³/mol. The van der Waals surface area contributed by atoms with Crippen LogP contribution < -0.4 is 0 Å². The van der Waals surface area contributed by atoms with Crippen molar-refractivity contribution in [3.63, 3.8) is 0 Å². The van der Waals surface area contributed by atoms with Gasteiger partial charge < -0.3 is 10.0 Å². The van der Waals surface area contributed by atoms with E-state index in [2.05, 4.69) is 6.92 Å². The van der Waals surface area contributed by atoms with E-state index in [0.29, 0.717) is 17.1 Å². The van der Waals surface area contributed by atoms with Crippen LogP contribution >= 0.6 is 11.6 Å². The number of amides is 1. The predicted octanol–water partition coefficient (Wildman–Crippen LogP) is 9.24. The minimum atomic E-state index is -0.628. The number of rotatable bonds is 17. The molecular formula is C33H44ClNO3. The second-order valence-electron chi connectivity index (χ2n) is 10.5. The summed E-state index contributed by atoms with van der Waals surface area (Å²) in [4.78, 5) is 27.8. The average Bonchev–Trinajstić information content (AvgIpc) is 3.18. The van der Waals surface area contributed by atoms with Crippen LogP contribution in [-0.2, 0) is 9.59 Å². The third kappa shape index (κ3) is 8.73. The van der Waals surface area contributed by atoms with E-state index in [-0.39, 0.29) is 11.3 Å². The number of halogens is 1. The monoisotopic (exact) mass is 537 g/mol. The average molecular weight is 538 g/mol. The lowest BCUT2D eigenvalue weighted by atomic mass is 9.95. The number of benzene rings is 2. The summed E-state index contributed by atoms with van der Waals surface area (Å²) in [7, 11) is 0. The van der Waals surface area contributed by atoms with Gasteiger partial charge in [-0.2, -0.15) is 0 Å². The highest BCUT2D eigenvalue weighted by Crippen LogP contribution is 2.39. The van der Waals surface area contributed by atoms with Crippen LogP contribution in [0.5, 0.6) is 0 Å². The van der Waals surface area contributed by atoms with E-state index in [0.717, 1.165) is 24.8 Å². The molecule has 1 atom stereocenters. The number of aliphatic hydroxyl groups excluding tert-OH is 1. The first-order chi connectivity index (χ1) is 18.5. The van der Waals surface area contributed by atoms with Crippen LogP contribution in [0.4, 0.5) is 0 Å². The summed E-state index contributed by atoms with van der Waals surface area (Å²) in [5.41, 5.74) is 1.45. The maximum absolute atomic E-state index is 13.1. The van der Waals surface area contributed by atoms with Crippen LogP contribution in [0, 0.1) is 0 Å². The van der Waals surface area contributed by atoms with E-state index in [9.17, 15) is 14.7 Å². The number of hydrogen-bond donors (Lipinski definition) is 1. The molecule has 1 N–H and O–H groups in total. The fraction of sp³-hybridized carbons (Fsp3) is 0.515. The lowest BCUT2D eigenvalue weighted by Crippen LogP contribution is -2.30. The first-order valence-electron chi connectivity index (χ1n) is 14.6. The van der Waals surface area contributed by atoms with E-state index in [1.807, 2.05) is 30.3 Å². The number of hydrogen-bond acceptors (Lipinski definition) is 3. The molecule has 1 amide bonds. The summed E-state index contributed by atoms with van der Waals surface area (Å²) >= 11 is 6.00. The molecule has 1 heterocycles. The molecule has 38 heavy (non-hydrogen) atoms. The van der Waals surface area contributed by atoms with E-state index in [1.54, 1.807) is 29.2 Å². The maximum Gasteiger partial charge on any atom is 0.295 e. The Morgan fingerprint density at radius 1 is 0.737 bits per heavy atom. The molecule has 1 aliphatic rings. The Hall–Kier alpha value is -2.59. The van der Waals surface area contributed by atoms with Gasteiger partial charge in [-0.1, -0.05) is 132 Å². The van der Waals surface area contributed by atoms with Gasteiger partial charge in [0.2, 0.25) is 0 Å². The molecule has 1 fully saturated rings. The molecule has 206 valence electrons. The maximum atomic E-state index is 13.1. The van der Waals surface area contributed by atoms with Gasteiger partial charge in [0.15, 0.2) is 0 Å². The number of ketones is 1. The van der Waals surface area contributed by atoms with Crippen molar-refractivity contribution in [2.75, 3.05) is 6.54 Å². The fourth-order valence-electron chi connectivity index (χ4n) is 5.33. The summed E-state index contributed by atoms with van der Waals surface area (Å²) in [6, 6.07) is 15.6. The summed E-state index contributed by atoms with van der Waals surface area (Å²) in [5.74, 6) is -1.32. The number of aliphatic hydroxyl groups is 1. The van der Waals surface area contributed by atoms with Gasteiger partial charge in [0.25, 0.3) is 11.7 Å². The van der Waals surface area contributed by atoms with Crippen molar-refractivity contribution < 1.29 is 14.7 Å². The van der Waals surface area contributed by atoms with Gasteiger partial charge in [-0.15, -0.1) is 0 Å². The Morgan fingerprint density at radius 3 is 1.76 bits per heavy atom. The Labute approximate surface area is 234 Å². The third-order valence-electron chi connectivity index (χ3n) is 7.53. The molecule has 5 heteroatoms. The standard InChI is InChI=1S/C33H44ClNO3/c1-2-3-4-5-6-7-8-9-10-11-12-13-14-18-25-35-30(26-19-16-15-17-20-26)29(32(37)33(35)38)31(36)27-21-23-28(34)24-22-27/h15-17,19-24,30,36H,2-14,18,25H2,1H3/b31-29+/t30-/m1/s1. The van der Waals surface area contributed by atoms with Crippen molar-refractivity contribution in [1.82, 2.24) is 4.90 Å². The van der Waals surface area contributed by atoms with Gasteiger partial charge in [0.05, 0.1) is 11.6 Å². The van der Waals surface area contributed by atoms with Crippen molar-refractivity contribution in [1.29, 1.82) is 0 Å². The van der Waals surface area contributed by atoms with Crippen LogP contribution in [0.3, 0.4) is 0 Å². The van der Waals surface area contributed by atoms with Crippen molar-refractivity contribution in [2.45, 2.75) is 103 Å². The van der Waals surface area contributed by atoms with Crippen LogP contribution in [0.15, 0.2) is 60.2 Å². The van der Waals surface area contributed by atoms with E-state index < -0.39 is 17.7 Å². The minimum Gasteiger partial charge on any atom is -0.507 e. The van der Waals surface area contributed by atoms with Gasteiger partial charge >= 0.3 is 0 Å². The van der Waals surface area contributed by atoms with Gasteiger partial charge in [-0.25, -0.2) is 0 Å². The molecule has 1 aliphatic heterocycles. The second kappa shape index (κ2) is 16.4. The van der Waals surface area contributed by atoms with Crippen molar-refractivity contribution in [3.05, 3.63) is 76.3 Å². The lowest BCUT2D eigenvalue weighted by molar-refractivity contribution is -0.139. The molecule has 0 bridgehead atoms. The number of carbonyl (C=O) groups is 2. The Kier molecular flexibility index (Phi) is 12.9. The summed E-state index contributed by atoms with van der Waals surface area (Å²) in [5, 5.41) is 11.6. The van der Waals surface area contributed by atoms with Crippen molar-refractivity contribution in [2.24, 2.45) is 0 Å². The minimum absolute atomic E-state index is 0.147. The molecule has 2 aromatic rings. The summed E-state index contributed by atoms with van der Waals surface area (Å²) in [6.07, 6.45) is 17.7. The van der Waals surface area contributed by atoms with Gasteiger partial charge in [0, 0.05) is 17.1 Å². The lowest BCUT2D eigenvalue weighted by Gasteiger charge is -2.25. The largest absolute Gasteiger partial charge is 0.507 e. The molecule has 2 aromatic carbocycles. The number of likely N-dealkylation sites (tertiary alicyclic amines) is 1. The molecule has 4 nitrogen and oxygen atoms in total. The first-order valence-corrected chi connectivity index (χ1v) is 15.0. The number of Topliss-reactive ketones (excluding diaryl/α,β-unsaturated/α-hetero) is 1. The molecule has 0 aliphatic carbocycles. The topological polar surface area (TPSA) is 57.6 Å². The molecule has 0 unspecified atom stereocenters. The number of nitrogens with zero attached hydrogens (tertiary/aromatic N) is 1. The van der Waals surface area contributed by atoms with Crippen LogP contribution in [0.2, 0.25) is 5.02 Å². The fourth-order valence-corrected chi connectivity index (χ4v) is 5.46. The van der Waals surface area contributed by atoms with Gasteiger partial charge in [0.1, 0.15) is 5.76 Å².